The molecule has 0 aliphatic heterocycles. The number of ether oxygens (including phenoxy) is 1. The molecule has 158 valence electrons. The van der Waals surface area contributed by atoms with Crippen LogP contribution in [-0.2, 0) is 19.1 Å². The highest BCUT2D eigenvalue weighted by molar-refractivity contribution is 5.92. The van der Waals surface area contributed by atoms with E-state index >= 15 is 0 Å². The number of allylic oxidation sites excluding steroid dienone is 4. The fourth-order valence-corrected chi connectivity index (χ4v) is 7.03. The smallest absolute Gasteiger partial charge is 0.303 e. The molecule has 4 aliphatic rings. The highest BCUT2D eigenvalue weighted by Crippen LogP contribution is 2.66. The van der Waals surface area contributed by atoms with Gasteiger partial charge >= 0.3 is 5.97 Å². The molecule has 6 atom stereocenters. The second kappa shape index (κ2) is 6.63. The van der Waals surface area contributed by atoms with E-state index in [1.807, 2.05) is 13.0 Å². The normalized spacial score (nSPS) is 43.5. The highest BCUT2D eigenvalue weighted by atomic mass is 16.5. The quantitative estimate of drug-likeness (QED) is 0.579. The van der Waals surface area contributed by atoms with Crippen LogP contribution in [0.2, 0.25) is 0 Å². The summed E-state index contributed by atoms with van der Waals surface area (Å²) in [5.74, 6) is 0.192. The van der Waals surface area contributed by atoms with Crippen LogP contribution in [0.4, 0.5) is 0 Å². The fourth-order valence-electron chi connectivity index (χ4n) is 7.03. The third-order valence-corrected chi connectivity index (χ3v) is 8.68. The Hall–Kier alpha value is -1.75. The first-order valence-electron chi connectivity index (χ1n) is 10.9. The summed E-state index contributed by atoms with van der Waals surface area (Å²) in [7, 11) is 0. The molecule has 29 heavy (non-hydrogen) atoms. The lowest BCUT2D eigenvalue weighted by molar-refractivity contribution is -0.162. The molecule has 2 saturated carbocycles. The molecule has 0 aromatic rings. The van der Waals surface area contributed by atoms with E-state index in [1.54, 1.807) is 0 Å². The van der Waals surface area contributed by atoms with Crippen LogP contribution in [0.15, 0.2) is 23.3 Å². The van der Waals surface area contributed by atoms with Crippen LogP contribution in [-0.4, -0.2) is 34.9 Å². The SMILES string of the molecule is CC(=O)OCC(=O)[C@]1(O)CC[C@@H]2[C@@H]3C[C@@H](C)C4=CC(=O)CC[C@]4(C)C3=CC[C@]21C. The van der Waals surface area contributed by atoms with Gasteiger partial charge in [-0.25, -0.2) is 0 Å². The maximum Gasteiger partial charge on any atom is 0.303 e. The molecule has 4 aliphatic carbocycles. The van der Waals surface area contributed by atoms with Gasteiger partial charge in [0, 0.05) is 24.2 Å². The molecule has 0 aromatic carbocycles. The van der Waals surface area contributed by atoms with E-state index in [2.05, 4.69) is 19.9 Å². The predicted molar refractivity (Wildman–Crippen MR) is 108 cm³/mol. The molecular formula is C24H32O5. The van der Waals surface area contributed by atoms with Crippen LogP contribution in [0.1, 0.15) is 66.2 Å². The lowest BCUT2D eigenvalue weighted by Gasteiger charge is -2.56. The lowest BCUT2D eigenvalue weighted by atomic mass is 9.49. The van der Waals surface area contributed by atoms with Crippen LogP contribution in [0.5, 0.6) is 0 Å². The fraction of sp³-hybridized carbons (Fsp3) is 0.708. The van der Waals surface area contributed by atoms with E-state index in [-0.39, 0.29) is 29.5 Å². The molecule has 4 rings (SSSR count). The Morgan fingerprint density at radius 1 is 1.24 bits per heavy atom. The largest absolute Gasteiger partial charge is 0.458 e. The van der Waals surface area contributed by atoms with Gasteiger partial charge < -0.3 is 9.84 Å². The van der Waals surface area contributed by atoms with Gasteiger partial charge in [0.15, 0.2) is 12.4 Å². The third kappa shape index (κ3) is 2.80. The highest BCUT2D eigenvalue weighted by Gasteiger charge is 2.64. The molecule has 0 heterocycles. The van der Waals surface area contributed by atoms with Crippen molar-refractivity contribution in [1.29, 1.82) is 0 Å². The number of ketones is 2. The minimum absolute atomic E-state index is 0.0833. The molecule has 5 nitrogen and oxygen atoms in total. The van der Waals surface area contributed by atoms with Crippen molar-refractivity contribution in [2.45, 2.75) is 71.8 Å². The van der Waals surface area contributed by atoms with Gasteiger partial charge in [-0.1, -0.05) is 38.0 Å². The van der Waals surface area contributed by atoms with Crippen LogP contribution in [0.3, 0.4) is 0 Å². The maximum atomic E-state index is 12.9. The van der Waals surface area contributed by atoms with Gasteiger partial charge in [-0.15, -0.1) is 0 Å². The van der Waals surface area contributed by atoms with Crippen molar-refractivity contribution >= 4 is 17.5 Å². The molecule has 0 aromatic heterocycles. The Bertz CT molecular complexity index is 838. The summed E-state index contributed by atoms with van der Waals surface area (Å²) in [5.41, 5.74) is 0.575. The van der Waals surface area contributed by atoms with Crippen molar-refractivity contribution in [2.75, 3.05) is 6.61 Å². The molecule has 0 saturated heterocycles. The summed E-state index contributed by atoms with van der Waals surface area (Å²) in [6.07, 6.45) is 8.37. The number of Topliss-reactive ketones (excluding diaryl/α,β-unsaturated/α-hetero) is 1. The van der Waals surface area contributed by atoms with Crippen molar-refractivity contribution in [2.24, 2.45) is 28.6 Å². The van der Waals surface area contributed by atoms with Gasteiger partial charge in [-0.3, -0.25) is 14.4 Å². The zero-order valence-corrected chi connectivity index (χ0v) is 17.9. The molecule has 0 bridgehead atoms. The first-order chi connectivity index (χ1) is 13.5. The van der Waals surface area contributed by atoms with Gasteiger partial charge in [-0.2, -0.15) is 0 Å². The average molecular weight is 401 g/mol. The van der Waals surface area contributed by atoms with Crippen LogP contribution in [0, 0.1) is 28.6 Å². The number of hydrogen-bond donors (Lipinski definition) is 1. The molecule has 2 fully saturated rings. The van der Waals surface area contributed by atoms with Gasteiger partial charge in [0.1, 0.15) is 5.60 Å². The Kier molecular flexibility index (Phi) is 4.69. The monoisotopic (exact) mass is 400 g/mol. The Balaban J connectivity index is 1.70. The maximum absolute atomic E-state index is 12.9. The number of carbonyl (C=O) groups excluding carboxylic acids is 3. The van der Waals surface area contributed by atoms with Crippen LogP contribution in [0.25, 0.3) is 0 Å². The lowest BCUT2D eigenvalue weighted by Crippen LogP contribution is -2.56. The second-order valence-electron chi connectivity index (χ2n) is 10.1. The zero-order chi connectivity index (χ0) is 21.2. The van der Waals surface area contributed by atoms with Crippen molar-refractivity contribution in [3.8, 4) is 0 Å². The number of fused-ring (bicyclic) bond motifs is 5. The number of aliphatic hydroxyl groups is 1. The summed E-state index contributed by atoms with van der Waals surface area (Å²) < 4.78 is 4.92. The third-order valence-electron chi connectivity index (χ3n) is 8.68. The number of esters is 1. The predicted octanol–water partition coefficient (Wildman–Crippen LogP) is 3.55. The van der Waals surface area contributed by atoms with E-state index in [1.165, 1.54) is 18.1 Å². The first-order valence-corrected chi connectivity index (χ1v) is 10.9. The molecule has 0 radical (unpaired) electrons. The van der Waals surface area contributed by atoms with E-state index in [0.717, 1.165) is 19.3 Å². The first kappa shape index (κ1) is 20.5. The standard InChI is InChI=1S/C24H32O5/c1-14-11-17-18(22(3)8-5-16(26)12-20(14)22)6-9-23(4)19(17)7-10-24(23,28)21(27)13-29-15(2)25/h6,12,14,17,19,28H,5,7-11,13H2,1-4H3/t14-,17-,19-,22-,23-,24-/m1/s1. The van der Waals surface area contributed by atoms with Crippen molar-refractivity contribution < 1.29 is 24.2 Å². The zero-order valence-electron chi connectivity index (χ0n) is 17.9. The molecule has 0 amide bonds. The summed E-state index contributed by atoms with van der Waals surface area (Å²) in [6, 6.07) is 0. The topological polar surface area (TPSA) is 80.7 Å². The van der Waals surface area contributed by atoms with Crippen molar-refractivity contribution in [1.82, 2.24) is 0 Å². The second-order valence-corrected chi connectivity index (χ2v) is 10.1. The Morgan fingerprint density at radius 2 is 1.97 bits per heavy atom. The van der Waals surface area contributed by atoms with E-state index in [0.29, 0.717) is 31.1 Å². The molecular weight excluding hydrogens is 368 g/mol. The molecule has 0 unspecified atom stereocenters. The molecule has 1 N–H and O–H groups in total. The summed E-state index contributed by atoms with van der Waals surface area (Å²) in [6.45, 7) is 7.43. The van der Waals surface area contributed by atoms with E-state index < -0.39 is 17.0 Å². The van der Waals surface area contributed by atoms with Gasteiger partial charge in [0.25, 0.3) is 0 Å². The van der Waals surface area contributed by atoms with Crippen LogP contribution < -0.4 is 0 Å². The van der Waals surface area contributed by atoms with Gasteiger partial charge in [0.2, 0.25) is 5.78 Å². The van der Waals surface area contributed by atoms with Crippen molar-refractivity contribution in [3.05, 3.63) is 23.3 Å². The molecule has 5 heteroatoms. The average Bonchev–Trinajstić information content (AvgIpc) is 2.94. The number of carbonyl (C=O) groups is 3. The minimum atomic E-state index is -1.46. The Morgan fingerprint density at radius 3 is 2.66 bits per heavy atom. The Labute approximate surface area is 172 Å². The van der Waals surface area contributed by atoms with Gasteiger partial charge in [0.05, 0.1) is 0 Å². The molecule has 0 spiro atoms. The minimum Gasteiger partial charge on any atom is -0.458 e. The summed E-state index contributed by atoms with van der Waals surface area (Å²) >= 11 is 0. The number of hydrogen-bond acceptors (Lipinski definition) is 5. The van der Waals surface area contributed by atoms with Crippen LogP contribution >= 0.6 is 0 Å². The van der Waals surface area contributed by atoms with Crippen molar-refractivity contribution in [3.63, 3.8) is 0 Å². The van der Waals surface area contributed by atoms with E-state index in [4.69, 9.17) is 4.74 Å². The summed E-state index contributed by atoms with van der Waals surface area (Å²) in [4.78, 5) is 36.1. The number of rotatable bonds is 3. The van der Waals surface area contributed by atoms with Gasteiger partial charge in [-0.05, 0) is 55.9 Å². The van der Waals surface area contributed by atoms with E-state index in [9.17, 15) is 19.5 Å². The summed E-state index contributed by atoms with van der Waals surface area (Å²) in [5, 5.41) is 11.5.